The Labute approximate surface area is 169 Å². The molecule has 0 atom stereocenters. The fraction of sp³-hybridized carbons (Fsp3) is 0.304. The average Bonchev–Trinajstić information content (AvgIpc) is 2.71. The second-order valence-corrected chi connectivity index (χ2v) is 7.07. The van der Waals surface area contributed by atoms with Gasteiger partial charge in [0.1, 0.15) is 17.1 Å². The fourth-order valence-electron chi connectivity index (χ4n) is 3.07. The normalized spacial score (nSPS) is 10.9. The van der Waals surface area contributed by atoms with Crippen LogP contribution in [0, 0.1) is 0 Å². The summed E-state index contributed by atoms with van der Waals surface area (Å²) in [4.78, 5) is 23.8. The summed E-state index contributed by atoms with van der Waals surface area (Å²) < 4.78 is 16.0. The molecule has 0 fully saturated rings. The van der Waals surface area contributed by atoms with Crippen LogP contribution in [0.1, 0.15) is 30.9 Å². The second kappa shape index (κ2) is 9.28. The number of methoxy groups -OCH3 is 1. The van der Waals surface area contributed by atoms with Crippen LogP contribution in [0.25, 0.3) is 11.0 Å². The van der Waals surface area contributed by atoms with Gasteiger partial charge in [0.25, 0.3) is 5.91 Å². The Bertz CT molecular complexity index is 1040. The molecule has 2 aromatic carbocycles. The Kier molecular flexibility index (Phi) is 6.54. The van der Waals surface area contributed by atoms with Crippen molar-refractivity contribution in [2.45, 2.75) is 26.2 Å². The van der Waals surface area contributed by atoms with E-state index in [1.54, 1.807) is 19.2 Å². The van der Waals surface area contributed by atoms with Crippen LogP contribution in [0.2, 0.25) is 0 Å². The van der Waals surface area contributed by atoms with Gasteiger partial charge in [-0.25, -0.2) is 4.79 Å². The highest BCUT2D eigenvalue weighted by Crippen LogP contribution is 2.26. The van der Waals surface area contributed by atoms with Gasteiger partial charge in [-0.05, 0) is 47.7 Å². The van der Waals surface area contributed by atoms with Gasteiger partial charge < -0.3 is 19.2 Å². The van der Waals surface area contributed by atoms with E-state index in [4.69, 9.17) is 13.9 Å². The highest BCUT2D eigenvalue weighted by molar-refractivity contribution is 5.82. The third kappa shape index (κ3) is 5.38. The van der Waals surface area contributed by atoms with Crippen molar-refractivity contribution >= 4 is 16.9 Å². The lowest BCUT2D eigenvalue weighted by atomic mass is 10.00. The van der Waals surface area contributed by atoms with E-state index in [1.807, 2.05) is 44.2 Å². The van der Waals surface area contributed by atoms with Crippen molar-refractivity contribution in [1.82, 2.24) is 5.32 Å². The quantitative estimate of drug-likeness (QED) is 0.589. The van der Waals surface area contributed by atoms with E-state index >= 15 is 0 Å². The molecule has 0 spiro atoms. The maximum atomic E-state index is 12.0. The first-order valence-corrected chi connectivity index (χ1v) is 9.56. The summed E-state index contributed by atoms with van der Waals surface area (Å²) in [6.45, 7) is 4.45. The second-order valence-electron chi connectivity index (χ2n) is 7.07. The summed E-state index contributed by atoms with van der Waals surface area (Å²) in [6.07, 6.45) is 0.717. The van der Waals surface area contributed by atoms with Gasteiger partial charge in [0.15, 0.2) is 6.61 Å². The molecule has 1 N–H and O–H groups in total. The molecule has 0 aliphatic rings. The van der Waals surface area contributed by atoms with Crippen LogP contribution < -0.4 is 20.4 Å². The third-order valence-electron chi connectivity index (χ3n) is 4.63. The Morgan fingerprint density at radius 1 is 1.07 bits per heavy atom. The molecule has 0 aliphatic carbocycles. The zero-order valence-corrected chi connectivity index (χ0v) is 16.9. The highest BCUT2D eigenvalue weighted by atomic mass is 16.5. The topological polar surface area (TPSA) is 77.8 Å². The van der Waals surface area contributed by atoms with Gasteiger partial charge in [0.2, 0.25) is 0 Å². The maximum Gasteiger partial charge on any atom is 0.336 e. The Morgan fingerprint density at radius 2 is 1.79 bits per heavy atom. The number of hydrogen-bond acceptors (Lipinski definition) is 5. The number of carbonyl (C=O) groups is 1. The van der Waals surface area contributed by atoms with Crippen molar-refractivity contribution in [3.8, 4) is 11.5 Å². The van der Waals surface area contributed by atoms with Crippen molar-refractivity contribution in [3.63, 3.8) is 0 Å². The number of fused-ring (bicyclic) bond motifs is 1. The van der Waals surface area contributed by atoms with E-state index < -0.39 is 5.63 Å². The van der Waals surface area contributed by atoms with Crippen LogP contribution in [0.15, 0.2) is 57.7 Å². The van der Waals surface area contributed by atoms with E-state index in [9.17, 15) is 9.59 Å². The SMILES string of the molecule is COc1ccc(CCNC(=O)COc2ccc3c(C(C)C)cc(=O)oc3c2)cc1. The largest absolute Gasteiger partial charge is 0.497 e. The van der Waals surface area contributed by atoms with Crippen molar-refractivity contribution < 1.29 is 18.7 Å². The lowest BCUT2D eigenvalue weighted by Gasteiger charge is -2.11. The molecule has 0 saturated carbocycles. The number of rotatable bonds is 8. The lowest BCUT2D eigenvalue weighted by Crippen LogP contribution is -2.30. The van der Waals surface area contributed by atoms with Crippen LogP contribution in [-0.4, -0.2) is 26.2 Å². The van der Waals surface area contributed by atoms with E-state index in [0.29, 0.717) is 17.9 Å². The summed E-state index contributed by atoms with van der Waals surface area (Å²) in [5.41, 5.74) is 2.10. The Hall–Kier alpha value is -3.28. The van der Waals surface area contributed by atoms with Gasteiger partial charge in [-0.15, -0.1) is 0 Å². The molecule has 3 aromatic rings. The van der Waals surface area contributed by atoms with Gasteiger partial charge >= 0.3 is 5.63 Å². The number of amides is 1. The summed E-state index contributed by atoms with van der Waals surface area (Å²) in [7, 11) is 1.63. The van der Waals surface area contributed by atoms with Crippen molar-refractivity contribution in [2.75, 3.05) is 20.3 Å². The highest BCUT2D eigenvalue weighted by Gasteiger charge is 2.10. The summed E-state index contributed by atoms with van der Waals surface area (Å²) in [5, 5.41) is 3.70. The van der Waals surface area contributed by atoms with Crippen molar-refractivity contribution in [1.29, 1.82) is 0 Å². The molecule has 1 aromatic heterocycles. The van der Waals surface area contributed by atoms with Crippen LogP contribution in [0.4, 0.5) is 0 Å². The molecule has 0 aliphatic heterocycles. The van der Waals surface area contributed by atoms with Crippen molar-refractivity contribution in [2.24, 2.45) is 0 Å². The minimum Gasteiger partial charge on any atom is -0.497 e. The minimum absolute atomic E-state index is 0.109. The van der Waals surface area contributed by atoms with E-state index in [0.717, 1.165) is 28.7 Å². The van der Waals surface area contributed by atoms with Crippen LogP contribution in [-0.2, 0) is 11.2 Å². The van der Waals surface area contributed by atoms with Crippen LogP contribution in [0.5, 0.6) is 11.5 Å². The Balaban J connectivity index is 1.54. The van der Waals surface area contributed by atoms with Gasteiger partial charge in [0, 0.05) is 24.1 Å². The first-order valence-electron chi connectivity index (χ1n) is 9.56. The predicted octanol–water partition coefficient (Wildman–Crippen LogP) is 3.66. The molecule has 1 heterocycles. The molecule has 6 heteroatoms. The zero-order valence-electron chi connectivity index (χ0n) is 16.9. The molecule has 0 unspecified atom stereocenters. The molecule has 0 saturated heterocycles. The van der Waals surface area contributed by atoms with Crippen LogP contribution in [0.3, 0.4) is 0 Å². The number of nitrogens with one attached hydrogen (secondary N) is 1. The molecular formula is C23H25NO5. The zero-order chi connectivity index (χ0) is 20.8. The molecular weight excluding hydrogens is 370 g/mol. The van der Waals surface area contributed by atoms with Gasteiger partial charge in [0.05, 0.1) is 7.11 Å². The molecule has 152 valence electrons. The Morgan fingerprint density at radius 3 is 2.48 bits per heavy atom. The number of carbonyl (C=O) groups excluding carboxylic acids is 1. The van der Waals surface area contributed by atoms with E-state index in [1.165, 1.54) is 6.07 Å². The molecule has 3 rings (SSSR count). The maximum absolute atomic E-state index is 12.0. The summed E-state index contributed by atoms with van der Waals surface area (Å²) in [6, 6.07) is 14.5. The van der Waals surface area contributed by atoms with Crippen LogP contribution >= 0.6 is 0 Å². The number of benzene rings is 2. The standard InChI is InChI=1S/C23H25NO5/c1-15(2)20-13-23(26)29-21-12-18(8-9-19(20)21)28-14-22(25)24-11-10-16-4-6-17(27-3)7-5-16/h4-9,12-13,15H,10-11,14H2,1-3H3,(H,24,25). The van der Waals surface area contributed by atoms with Gasteiger partial charge in [-0.3, -0.25) is 4.79 Å². The smallest absolute Gasteiger partial charge is 0.336 e. The minimum atomic E-state index is -0.394. The van der Waals surface area contributed by atoms with Crippen molar-refractivity contribution in [3.05, 3.63) is 70.1 Å². The van der Waals surface area contributed by atoms with Gasteiger partial charge in [-0.2, -0.15) is 0 Å². The first kappa shape index (κ1) is 20.5. The number of ether oxygens (including phenoxy) is 2. The van der Waals surface area contributed by atoms with Gasteiger partial charge in [-0.1, -0.05) is 26.0 Å². The predicted molar refractivity (Wildman–Crippen MR) is 112 cm³/mol. The number of hydrogen-bond donors (Lipinski definition) is 1. The average molecular weight is 395 g/mol. The molecule has 6 nitrogen and oxygen atoms in total. The lowest BCUT2D eigenvalue weighted by molar-refractivity contribution is -0.123. The van der Waals surface area contributed by atoms with E-state index in [2.05, 4.69) is 5.32 Å². The molecule has 0 radical (unpaired) electrons. The molecule has 0 bridgehead atoms. The third-order valence-corrected chi connectivity index (χ3v) is 4.63. The summed E-state index contributed by atoms with van der Waals surface area (Å²) >= 11 is 0. The monoisotopic (exact) mass is 395 g/mol. The van der Waals surface area contributed by atoms with E-state index in [-0.39, 0.29) is 18.4 Å². The first-order chi connectivity index (χ1) is 14.0. The summed E-state index contributed by atoms with van der Waals surface area (Å²) in [5.74, 6) is 1.27. The fourth-order valence-corrected chi connectivity index (χ4v) is 3.07. The molecule has 29 heavy (non-hydrogen) atoms. The molecule has 1 amide bonds.